The number of benzene rings is 1. The normalized spacial score (nSPS) is 14.8. The molecule has 166 valence electrons. The second-order valence-electron chi connectivity index (χ2n) is 9.78. The summed E-state index contributed by atoms with van der Waals surface area (Å²) < 4.78 is 29.0. The first kappa shape index (κ1) is 23.2. The second kappa shape index (κ2) is 8.12. The highest BCUT2D eigenvalue weighted by atomic mass is 19.1. The molecule has 3 aromatic rings. The number of aromatic nitrogens is 3. The predicted octanol–water partition coefficient (Wildman–Crippen LogP) is -3.07. The molecule has 2 aromatic heterocycles. The van der Waals surface area contributed by atoms with Crippen molar-refractivity contribution < 1.29 is 18.7 Å². The highest BCUT2D eigenvalue weighted by Gasteiger charge is 2.33. The number of likely N-dealkylation sites (tertiary alicyclic amines) is 1. The van der Waals surface area contributed by atoms with Crippen LogP contribution in [0.15, 0.2) is 36.7 Å². The minimum Gasteiger partial charge on any atom is -0.388 e. The largest absolute Gasteiger partial charge is 0.388 e. The highest BCUT2D eigenvalue weighted by Crippen LogP contribution is 2.28. The minimum atomic E-state index is -1.14. The van der Waals surface area contributed by atoms with E-state index in [2.05, 4.69) is 15.4 Å². The average Bonchev–Trinajstić information content (AvgIpc) is 3.07. The average molecular weight is 447 g/mol. The first-order chi connectivity index (χ1) is 15.3. The number of carbonyl (C=O) groups excluding carboxylic acids is 1. The quantitative estimate of drug-likeness (QED) is 0.320. The molecule has 1 saturated heterocycles. The predicted molar refractivity (Wildman–Crippen MR) is 137 cm³/mol. The lowest BCUT2D eigenvalue weighted by Crippen LogP contribution is -2.64. The van der Waals surface area contributed by atoms with Crippen LogP contribution in [-0.2, 0) is 0 Å². The number of urea groups is 1. The molecule has 1 aliphatic rings. The van der Waals surface area contributed by atoms with Crippen LogP contribution in [0.1, 0.15) is 0 Å². The summed E-state index contributed by atoms with van der Waals surface area (Å²) in [5, 5.41) is 18.0. The van der Waals surface area contributed by atoms with Crippen LogP contribution < -0.4 is 10.2 Å². The van der Waals surface area contributed by atoms with Gasteiger partial charge in [0.25, 0.3) is 0 Å². The van der Waals surface area contributed by atoms with Crippen LogP contribution in [0.5, 0.6) is 0 Å². The number of amides is 2. The van der Waals surface area contributed by atoms with Crippen LogP contribution in [0.25, 0.3) is 16.7 Å². The molecule has 15 heteroatoms. The lowest BCUT2D eigenvalue weighted by Gasteiger charge is -2.47. The van der Waals surface area contributed by atoms with Gasteiger partial charge in [0.05, 0.1) is 30.5 Å². The Labute approximate surface area is 194 Å². The van der Waals surface area contributed by atoms with Gasteiger partial charge in [0.15, 0.2) is 21.3 Å². The Morgan fingerprint density at radius 2 is 1.91 bits per heavy atom. The molecule has 33 heavy (non-hydrogen) atoms. The fourth-order valence-corrected chi connectivity index (χ4v) is 4.23. The van der Waals surface area contributed by atoms with Crippen LogP contribution in [0.4, 0.5) is 25.0 Å². The molecule has 2 N–H and O–H groups in total. The van der Waals surface area contributed by atoms with Crippen molar-refractivity contribution >= 4 is 67.7 Å². The van der Waals surface area contributed by atoms with Gasteiger partial charge in [-0.1, -0.05) is 0 Å². The third-order valence-electron chi connectivity index (χ3n) is 5.39. The zero-order valence-electron chi connectivity index (χ0n) is 19.3. The number of hydrogen-bond donors (Lipinski definition) is 2. The molecular weight excluding hydrogens is 424 g/mol. The number of carbonyl (C=O) groups is 1. The smallest absolute Gasteiger partial charge is 0.322 e. The van der Waals surface area contributed by atoms with Crippen LogP contribution in [0.3, 0.4) is 0 Å². The van der Waals surface area contributed by atoms with Gasteiger partial charge >= 0.3 is 6.03 Å². The lowest BCUT2D eigenvalue weighted by molar-refractivity contribution is 0.0974. The molecule has 2 amide bonds. The topological polar surface area (TPSA) is 86.5 Å². The molecule has 3 heterocycles. The molecule has 0 atom stereocenters. The van der Waals surface area contributed by atoms with Crippen LogP contribution in [0.2, 0.25) is 0 Å². The number of fused-ring (bicyclic) bond motifs is 1. The van der Waals surface area contributed by atoms with Gasteiger partial charge in [-0.2, -0.15) is 0 Å². The van der Waals surface area contributed by atoms with Crippen molar-refractivity contribution in [1.29, 1.82) is 0 Å². The van der Waals surface area contributed by atoms with Crippen molar-refractivity contribution in [2.75, 3.05) is 23.3 Å². The van der Waals surface area contributed by atoms with Crippen molar-refractivity contribution in [3.63, 3.8) is 0 Å². The number of alkyl halides is 1. The first-order valence-corrected chi connectivity index (χ1v) is 10.7. The standard InChI is InChI=1S/C18H23B5F2N6O2/c19-17(20,21)31(18(22,23)33)12-3-9-6-30(28-15(9)26-5-12)14-4-11(1-2-13(14)25)27-16(32)29-7-10(24)8-29/h1-6,10,33H,7-8,19-23H2,(H,27,32). The minimum absolute atomic E-state index is 0.0503. The summed E-state index contributed by atoms with van der Waals surface area (Å²) in [7, 11) is 9.37. The summed E-state index contributed by atoms with van der Waals surface area (Å²) in [6, 6.07) is 5.54. The molecule has 1 fully saturated rings. The van der Waals surface area contributed by atoms with Gasteiger partial charge in [-0.05, 0) is 29.5 Å². The van der Waals surface area contributed by atoms with Crippen molar-refractivity contribution in [3.8, 4) is 5.69 Å². The molecular formula is C18H23B5F2N6O2. The summed E-state index contributed by atoms with van der Waals surface area (Å²) in [6.07, 6.45) is 2.27. The Morgan fingerprint density at radius 3 is 2.52 bits per heavy atom. The highest BCUT2D eigenvalue weighted by molar-refractivity contribution is 6.62. The van der Waals surface area contributed by atoms with Gasteiger partial charge in [0.2, 0.25) is 0 Å². The van der Waals surface area contributed by atoms with E-state index in [9.17, 15) is 18.7 Å². The number of nitrogens with zero attached hydrogens (tertiary/aromatic N) is 5. The molecule has 8 nitrogen and oxygen atoms in total. The van der Waals surface area contributed by atoms with E-state index in [0.717, 1.165) is 0 Å². The van der Waals surface area contributed by atoms with Crippen molar-refractivity contribution in [3.05, 3.63) is 42.5 Å². The molecule has 0 bridgehead atoms. The van der Waals surface area contributed by atoms with E-state index in [-0.39, 0.29) is 24.0 Å². The monoisotopic (exact) mass is 448 g/mol. The zero-order valence-corrected chi connectivity index (χ0v) is 19.3. The van der Waals surface area contributed by atoms with Gasteiger partial charge in [-0.15, -0.1) is 5.10 Å². The number of rotatable bonds is 5. The summed E-state index contributed by atoms with van der Waals surface area (Å²) in [5.74, 6) is -0.526. The second-order valence-corrected chi connectivity index (χ2v) is 9.78. The molecule has 0 aliphatic carbocycles. The molecule has 0 saturated carbocycles. The summed E-state index contributed by atoms with van der Waals surface area (Å²) >= 11 is 0. The lowest BCUT2D eigenvalue weighted by atomic mass is 9.46. The first-order valence-electron chi connectivity index (χ1n) is 10.7. The molecule has 0 spiro atoms. The molecule has 1 aromatic carbocycles. The Hall–Kier alpha value is -2.95. The van der Waals surface area contributed by atoms with Crippen LogP contribution in [0, 0.1) is 5.82 Å². The molecule has 1 aliphatic heterocycles. The molecule has 4 rings (SSSR count). The Balaban J connectivity index is 1.66. The maximum atomic E-state index is 14.6. The van der Waals surface area contributed by atoms with Crippen molar-refractivity contribution in [2.24, 2.45) is 0 Å². The Morgan fingerprint density at radius 1 is 1.21 bits per heavy atom. The van der Waals surface area contributed by atoms with Gasteiger partial charge in [-0.3, -0.25) is 0 Å². The van der Waals surface area contributed by atoms with Crippen LogP contribution in [-0.4, -0.2) is 100 Å². The van der Waals surface area contributed by atoms with Gasteiger partial charge in [0.1, 0.15) is 41.2 Å². The number of nitrogens with one attached hydrogen (secondary N) is 1. The zero-order chi connectivity index (χ0) is 24.1. The van der Waals surface area contributed by atoms with Gasteiger partial charge < -0.3 is 20.2 Å². The third kappa shape index (κ3) is 4.73. The summed E-state index contributed by atoms with van der Waals surface area (Å²) in [6.45, 7) is 0.101. The molecule has 0 radical (unpaired) electrons. The van der Waals surface area contributed by atoms with Crippen molar-refractivity contribution in [2.45, 2.75) is 16.9 Å². The van der Waals surface area contributed by atoms with E-state index in [1.807, 2.05) is 34.5 Å². The number of pyridine rings is 1. The fourth-order valence-electron chi connectivity index (χ4n) is 4.23. The Bertz CT molecular complexity index is 1200. The van der Waals surface area contributed by atoms with E-state index in [4.69, 9.17) is 0 Å². The van der Waals surface area contributed by atoms with E-state index in [0.29, 0.717) is 22.4 Å². The number of aliphatic hydroxyl groups is 1. The Kier molecular flexibility index (Phi) is 5.72. The molecule has 0 unspecified atom stereocenters. The van der Waals surface area contributed by atoms with Gasteiger partial charge in [0, 0.05) is 17.3 Å². The van der Waals surface area contributed by atoms with E-state index < -0.39 is 23.5 Å². The van der Waals surface area contributed by atoms with Gasteiger partial charge in [-0.25, -0.2) is 23.2 Å². The van der Waals surface area contributed by atoms with E-state index >= 15 is 0 Å². The third-order valence-corrected chi connectivity index (χ3v) is 5.39. The van der Waals surface area contributed by atoms with E-state index in [1.165, 1.54) is 27.8 Å². The van der Waals surface area contributed by atoms with Crippen molar-refractivity contribution in [1.82, 2.24) is 19.7 Å². The maximum Gasteiger partial charge on any atom is 0.322 e. The number of anilines is 2. The maximum absolute atomic E-state index is 14.6. The summed E-state index contributed by atoms with van der Waals surface area (Å²) in [5.41, 5.74) is 0.472. The van der Waals surface area contributed by atoms with Crippen LogP contribution >= 0.6 is 0 Å². The summed E-state index contributed by atoms with van der Waals surface area (Å²) in [4.78, 5) is 19.8. The van der Waals surface area contributed by atoms with E-state index in [1.54, 1.807) is 28.1 Å². The number of hydrogen-bond acceptors (Lipinski definition) is 5. The SMILES string of the molecule is BC(B)(B)N(c1cnc2nn(-c3cc(NC(=O)N4CC(F)C4)ccc3F)cc2c1)C(B)(B)O. The fraction of sp³-hybridized carbons (Fsp3) is 0.278. The number of halogens is 2.